The molecule has 0 aromatic carbocycles. The van der Waals surface area contributed by atoms with Crippen LogP contribution >= 0.6 is 35.8 Å². The highest BCUT2D eigenvalue weighted by atomic mass is 32.4. The summed E-state index contributed by atoms with van der Waals surface area (Å²) in [4.78, 5) is 0. The normalized spacial score (nSPS) is 16.2. The number of hydrogen-bond donors (Lipinski definition) is 0. The van der Waals surface area contributed by atoms with Gasteiger partial charge in [-0.1, -0.05) is 44.9 Å². The second-order valence-corrected chi connectivity index (χ2v) is 29.0. The van der Waals surface area contributed by atoms with Crippen molar-refractivity contribution in [3.05, 3.63) is 0 Å². The standard InChI is InChI=1S/C14H35P5S2/c1-8-9-16(13-18(4,5)20)10-11-17(12-15(2)3)14-19(6,7)21/h8-14H2,1-7H3. The number of hydrogen-bond acceptors (Lipinski definition) is 2. The van der Waals surface area contributed by atoms with Crippen molar-refractivity contribution in [2.75, 3.05) is 76.2 Å². The molecule has 128 valence electrons. The van der Waals surface area contributed by atoms with E-state index in [1.807, 2.05) is 0 Å². The molecule has 0 aliphatic heterocycles. The zero-order valence-corrected chi connectivity index (χ0v) is 21.1. The first kappa shape index (κ1) is 23.6. The van der Waals surface area contributed by atoms with Gasteiger partial charge in [-0.25, -0.2) is 0 Å². The van der Waals surface area contributed by atoms with Crippen LogP contribution in [0.5, 0.6) is 0 Å². The summed E-state index contributed by atoms with van der Waals surface area (Å²) in [6, 6.07) is -2.05. The zero-order chi connectivity index (χ0) is 16.7. The molecule has 0 spiro atoms. The Hall–Kier alpha value is 2.59. The lowest BCUT2D eigenvalue weighted by molar-refractivity contribution is 1.09. The average molecular weight is 422 g/mol. The lowest BCUT2D eigenvalue weighted by atomic mass is 10.6. The molecule has 7 heteroatoms. The maximum atomic E-state index is 5.76. The molecule has 0 aliphatic carbocycles. The molecule has 0 aromatic rings. The molecule has 0 aromatic heterocycles. The molecule has 0 heterocycles. The van der Waals surface area contributed by atoms with E-state index >= 15 is 0 Å². The smallest absolute Gasteiger partial charge is 0.00312 e. The van der Waals surface area contributed by atoms with E-state index < -0.39 is 12.1 Å². The first-order chi connectivity index (χ1) is 9.43. The Morgan fingerprint density at radius 3 is 1.57 bits per heavy atom. The van der Waals surface area contributed by atoms with Gasteiger partial charge in [-0.3, -0.25) is 0 Å². The molecular weight excluding hydrogens is 387 g/mol. The van der Waals surface area contributed by atoms with Gasteiger partial charge in [0.15, 0.2) is 0 Å². The van der Waals surface area contributed by atoms with Gasteiger partial charge >= 0.3 is 0 Å². The third kappa shape index (κ3) is 15.8. The van der Waals surface area contributed by atoms with Crippen molar-refractivity contribution in [2.24, 2.45) is 0 Å². The van der Waals surface area contributed by atoms with Crippen molar-refractivity contribution >= 4 is 59.5 Å². The van der Waals surface area contributed by atoms with Gasteiger partial charge in [0.25, 0.3) is 0 Å². The monoisotopic (exact) mass is 422 g/mol. The van der Waals surface area contributed by atoms with Crippen LogP contribution in [0, 0.1) is 0 Å². The fourth-order valence-corrected chi connectivity index (χ4v) is 22.8. The van der Waals surface area contributed by atoms with Crippen molar-refractivity contribution in [2.45, 2.75) is 13.3 Å². The Morgan fingerprint density at radius 2 is 1.19 bits per heavy atom. The van der Waals surface area contributed by atoms with Crippen molar-refractivity contribution in [1.82, 2.24) is 0 Å². The Balaban J connectivity index is 4.59. The Morgan fingerprint density at radius 1 is 0.762 bits per heavy atom. The van der Waals surface area contributed by atoms with Crippen LogP contribution in [-0.2, 0) is 23.6 Å². The summed E-state index contributed by atoms with van der Waals surface area (Å²) in [7, 11) is 0.630. The molecule has 0 saturated carbocycles. The van der Waals surface area contributed by atoms with E-state index in [2.05, 4.69) is 46.9 Å². The second kappa shape index (κ2) is 11.3. The van der Waals surface area contributed by atoms with Crippen molar-refractivity contribution in [1.29, 1.82) is 0 Å². The van der Waals surface area contributed by atoms with E-state index in [4.69, 9.17) is 23.6 Å². The van der Waals surface area contributed by atoms with Crippen LogP contribution in [0.4, 0.5) is 0 Å². The van der Waals surface area contributed by atoms with Gasteiger partial charge in [-0.2, -0.15) is 0 Å². The van der Waals surface area contributed by atoms with E-state index in [-0.39, 0.29) is 23.8 Å². The summed E-state index contributed by atoms with van der Waals surface area (Å²) in [6.07, 6.45) is 5.75. The van der Waals surface area contributed by atoms with Crippen molar-refractivity contribution in [3.63, 3.8) is 0 Å². The summed E-state index contributed by atoms with van der Waals surface area (Å²) in [5.74, 6) is 4.26. The van der Waals surface area contributed by atoms with Crippen LogP contribution in [0.25, 0.3) is 0 Å². The molecule has 0 radical (unpaired) electrons. The largest absolute Gasteiger partial charge is 0.109 e. The minimum Gasteiger partial charge on any atom is -0.109 e. The fourth-order valence-electron chi connectivity index (χ4n) is 2.40. The highest BCUT2D eigenvalue weighted by molar-refractivity contribution is 8.17. The highest BCUT2D eigenvalue weighted by Gasteiger charge is 2.19. The van der Waals surface area contributed by atoms with Crippen LogP contribution in [-0.4, -0.2) is 76.2 Å². The van der Waals surface area contributed by atoms with Crippen LogP contribution in [0.3, 0.4) is 0 Å². The van der Waals surface area contributed by atoms with Crippen molar-refractivity contribution < 1.29 is 0 Å². The summed E-state index contributed by atoms with van der Waals surface area (Å²) >= 11 is 11.5. The summed E-state index contributed by atoms with van der Waals surface area (Å²) in [6.45, 7) is 16.6. The Bertz CT molecular complexity index is 372. The molecule has 0 saturated heterocycles. The molecule has 0 aliphatic rings. The van der Waals surface area contributed by atoms with Gasteiger partial charge in [0, 0.05) is 0 Å². The SMILES string of the molecule is CCCP(CCP(CP(C)C)CP(C)(C)=S)CP(C)(C)=S. The topological polar surface area (TPSA) is 0 Å². The molecule has 2 atom stereocenters. The van der Waals surface area contributed by atoms with E-state index in [9.17, 15) is 0 Å². The molecule has 0 rings (SSSR count). The highest BCUT2D eigenvalue weighted by Crippen LogP contribution is 2.59. The molecule has 0 fully saturated rings. The Labute approximate surface area is 148 Å². The number of rotatable bonds is 11. The average Bonchev–Trinajstić information content (AvgIpc) is 2.20. The van der Waals surface area contributed by atoms with E-state index in [1.165, 1.54) is 42.6 Å². The fraction of sp³-hybridized carbons (Fsp3) is 1.00. The minimum atomic E-state index is -1.03. The van der Waals surface area contributed by atoms with Gasteiger partial charge in [0.05, 0.1) is 0 Å². The Kier molecular flexibility index (Phi) is 12.6. The van der Waals surface area contributed by atoms with Crippen LogP contribution in [0.2, 0.25) is 0 Å². The summed E-state index contributed by atoms with van der Waals surface area (Å²) in [5, 5.41) is 0. The molecule has 21 heavy (non-hydrogen) atoms. The van der Waals surface area contributed by atoms with Crippen LogP contribution in [0.1, 0.15) is 13.3 Å². The predicted molar refractivity (Wildman–Crippen MR) is 124 cm³/mol. The first-order valence-corrected chi connectivity index (χ1v) is 21.6. The van der Waals surface area contributed by atoms with Crippen LogP contribution < -0.4 is 0 Å². The van der Waals surface area contributed by atoms with E-state index in [0.29, 0.717) is 0 Å². The van der Waals surface area contributed by atoms with E-state index in [0.717, 1.165) is 0 Å². The van der Waals surface area contributed by atoms with Gasteiger partial charge in [0.1, 0.15) is 0 Å². The molecule has 0 amide bonds. The quantitative estimate of drug-likeness (QED) is 0.351. The van der Waals surface area contributed by atoms with Gasteiger partial charge in [-0.15, -0.1) is 15.8 Å². The lowest BCUT2D eigenvalue weighted by Gasteiger charge is -2.27. The lowest BCUT2D eigenvalue weighted by Crippen LogP contribution is -2.02. The molecular formula is C14H35P5S2. The van der Waals surface area contributed by atoms with Gasteiger partial charge < -0.3 is 0 Å². The molecule has 0 N–H and O–H groups in total. The first-order valence-electron chi connectivity index (χ1n) is 7.60. The minimum absolute atomic E-state index is 0.196. The second-order valence-electron chi connectivity index (χ2n) is 7.16. The molecule has 0 nitrogen and oxygen atoms in total. The molecule has 0 bridgehead atoms. The van der Waals surface area contributed by atoms with Crippen molar-refractivity contribution in [3.8, 4) is 0 Å². The summed E-state index contributed by atoms with van der Waals surface area (Å²) < 4.78 is 0. The molecule has 2 unspecified atom stereocenters. The third-order valence-corrected chi connectivity index (χ3v) is 20.6. The van der Waals surface area contributed by atoms with E-state index in [1.54, 1.807) is 0 Å². The zero-order valence-electron chi connectivity index (χ0n) is 15.0. The summed E-state index contributed by atoms with van der Waals surface area (Å²) in [5.41, 5.74) is 0. The van der Waals surface area contributed by atoms with Gasteiger partial charge in [0.2, 0.25) is 0 Å². The third-order valence-electron chi connectivity index (χ3n) is 2.84. The van der Waals surface area contributed by atoms with Crippen LogP contribution in [0.15, 0.2) is 0 Å². The maximum Gasteiger partial charge on any atom is -0.00312 e. The van der Waals surface area contributed by atoms with Gasteiger partial charge in [-0.05, 0) is 88.3 Å². The maximum absolute atomic E-state index is 5.76. The predicted octanol–water partition coefficient (Wildman–Crippen LogP) is 6.45.